The van der Waals surface area contributed by atoms with Gasteiger partial charge in [-0.05, 0) is 50.6 Å². The molecule has 2 aromatic rings. The highest BCUT2D eigenvalue weighted by Crippen LogP contribution is 2.27. The Balaban J connectivity index is 1.73. The van der Waals surface area contributed by atoms with E-state index in [9.17, 15) is 23.1 Å². The SMILES string of the molecule is Cc1ccccc1S(=O)(=O)Nc1ccc(N2CCN(CC(=O)NC(C)C)CC2)c(C(=O)O)c1. The standard InChI is InChI=1S/C23H30N4O5S/c1-16(2)24-22(28)15-26-10-12-27(13-11-26)20-9-8-18(14-19(20)23(29)30)25-33(31,32)21-7-5-4-6-17(21)3/h4-9,14,16,25H,10-13,15H2,1-3H3,(H,24,28)(H,29,30). The molecule has 1 amide bonds. The lowest BCUT2D eigenvalue weighted by Gasteiger charge is -2.36. The summed E-state index contributed by atoms with van der Waals surface area (Å²) in [7, 11) is -3.85. The van der Waals surface area contributed by atoms with Crippen LogP contribution in [0, 0.1) is 6.92 Å². The molecule has 10 heteroatoms. The number of hydrogen-bond acceptors (Lipinski definition) is 6. The topological polar surface area (TPSA) is 119 Å². The highest BCUT2D eigenvalue weighted by Gasteiger charge is 2.24. The van der Waals surface area contributed by atoms with Crippen LogP contribution in [0.15, 0.2) is 47.4 Å². The number of nitrogens with one attached hydrogen (secondary N) is 2. The van der Waals surface area contributed by atoms with Crippen LogP contribution in [0.25, 0.3) is 0 Å². The molecule has 1 heterocycles. The first-order chi connectivity index (χ1) is 15.6. The Morgan fingerprint density at radius 2 is 1.73 bits per heavy atom. The van der Waals surface area contributed by atoms with E-state index in [0.717, 1.165) is 0 Å². The van der Waals surface area contributed by atoms with Crippen LogP contribution >= 0.6 is 0 Å². The summed E-state index contributed by atoms with van der Waals surface area (Å²) >= 11 is 0. The summed E-state index contributed by atoms with van der Waals surface area (Å²) in [5, 5.41) is 12.6. The number of amides is 1. The number of aryl methyl sites for hydroxylation is 1. The van der Waals surface area contributed by atoms with Gasteiger partial charge >= 0.3 is 5.97 Å². The minimum atomic E-state index is -3.85. The Bertz CT molecular complexity index is 1130. The van der Waals surface area contributed by atoms with E-state index in [-0.39, 0.29) is 28.1 Å². The van der Waals surface area contributed by atoms with E-state index >= 15 is 0 Å². The Labute approximate surface area is 194 Å². The van der Waals surface area contributed by atoms with E-state index in [2.05, 4.69) is 10.0 Å². The molecule has 33 heavy (non-hydrogen) atoms. The molecular formula is C23H30N4O5S. The van der Waals surface area contributed by atoms with Gasteiger partial charge in [-0.25, -0.2) is 13.2 Å². The Kier molecular flexibility index (Phi) is 7.60. The molecule has 2 aromatic carbocycles. The van der Waals surface area contributed by atoms with Gasteiger partial charge in [0.1, 0.15) is 0 Å². The lowest BCUT2D eigenvalue weighted by Crippen LogP contribution is -2.50. The lowest BCUT2D eigenvalue weighted by molar-refractivity contribution is -0.122. The molecule has 1 aliphatic heterocycles. The van der Waals surface area contributed by atoms with Crippen LogP contribution in [-0.2, 0) is 14.8 Å². The van der Waals surface area contributed by atoms with Crippen molar-refractivity contribution in [3.63, 3.8) is 0 Å². The van der Waals surface area contributed by atoms with Crippen molar-refractivity contribution in [3.8, 4) is 0 Å². The van der Waals surface area contributed by atoms with Crippen LogP contribution in [0.2, 0.25) is 0 Å². The van der Waals surface area contributed by atoms with E-state index in [1.54, 1.807) is 37.3 Å². The molecule has 3 rings (SSSR count). The van der Waals surface area contributed by atoms with Gasteiger partial charge in [-0.15, -0.1) is 0 Å². The molecule has 1 fully saturated rings. The van der Waals surface area contributed by atoms with Crippen LogP contribution in [0.4, 0.5) is 11.4 Å². The zero-order chi connectivity index (χ0) is 24.2. The van der Waals surface area contributed by atoms with Crippen molar-refractivity contribution in [3.05, 3.63) is 53.6 Å². The Morgan fingerprint density at radius 3 is 2.33 bits per heavy atom. The minimum Gasteiger partial charge on any atom is -0.478 e. The molecule has 1 aliphatic rings. The summed E-state index contributed by atoms with van der Waals surface area (Å²) in [6, 6.07) is 11.2. The number of hydrogen-bond donors (Lipinski definition) is 3. The number of sulfonamides is 1. The smallest absolute Gasteiger partial charge is 0.337 e. The maximum absolute atomic E-state index is 12.8. The van der Waals surface area contributed by atoms with Gasteiger partial charge in [-0.2, -0.15) is 0 Å². The molecule has 0 atom stereocenters. The quantitative estimate of drug-likeness (QED) is 0.536. The molecule has 0 bridgehead atoms. The molecule has 1 saturated heterocycles. The average molecular weight is 475 g/mol. The van der Waals surface area contributed by atoms with Crippen LogP contribution in [0.1, 0.15) is 29.8 Å². The summed E-state index contributed by atoms with van der Waals surface area (Å²) < 4.78 is 28.0. The number of nitrogens with zero attached hydrogens (tertiary/aromatic N) is 2. The number of carbonyl (C=O) groups excluding carboxylic acids is 1. The monoisotopic (exact) mass is 474 g/mol. The minimum absolute atomic E-state index is 0.0194. The highest BCUT2D eigenvalue weighted by molar-refractivity contribution is 7.92. The predicted octanol–water partition coefficient (Wildman–Crippen LogP) is 2.14. The first-order valence-corrected chi connectivity index (χ1v) is 12.3. The molecule has 0 aliphatic carbocycles. The lowest BCUT2D eigenvalue weighted by atomic mass is 10.1. The summed E-state index contributed by atoms with van der Waals surface area (Å²) in [5.74, 6) is -1.17. The molecule has 0 aromatic heterocycles. The third-order valence-electron chi connectivity index (χ3n) is 5.39. The number of carboxylic acid groups (broad SMARTS) is 1. The first-order valence-electron chi connectivity index (χ1n) is 10.8. The fourth-order valence-corrected chi connectivity index (χ4v) is 5.13. The molecular weight excluding hydrogens is 444 g/mol. The molecule has 0 spiro atoms. The molecule has 3 N–H and O–H groups in total. The van der Waals surface area contributed by atoms with Crippen molar-refractivity contribution in [2.45, 2.75) is 31.7 Å². The Morgan fingerprint density at radius 1 is 1.06 bits per heavy atom. The maximum atomic E-state index is 12.8. The fraction of sp³-hybridized carbons (Fsp3) is 0.391. The maximum Gasteiger partial charge on any atom is 0.337 e. The van der Waals surface area contributed by atoms with Gasteiger partial charge < -0.3 is 15.3 Å². The zero-order valence-electron chi connectivity index (χ0n) is 19.0. The van der Waals surface area contributed by atoms with E-state index in [1.807, 2.05) is 23.6 Å². The third-order valence-corrected chi connectivity index (χ3v) is 6.93. The van der Waals surface area contributed by atoms with Gasteiger partial charge in [0.05, 0.1) is 22.7 Å². The van der Waals surface area contributed by atoms with Gasteiger partial charge in [0.2, 0.25) is 5.91 Å². The highest BCUT2D eigenvalue weighted by atomic mass is 32.2. The second kappa shape index (κ2) is 10.2. The molecule has 0 unspecified atom stereocenters. The average Bonchev–Trinajstić information content (AvgIpc) is 2.73. The molecule has 178 valence electrons. The van der Waals surface area contributed by atoms with Crippen molar-refractivity contribution >= 4 is 33.3 Å². The number of carbonyl (C=O) groups is 2. The van der Waals surface area contributed by atoms with E-state index in [0.29, 0.717) is 44.0 Å². The molecule has 0 radical (unpaired) electrons. The van der Waals surface area contributed by atoms with Gasteiger partial charge in [0, 0.05) is 37.9 Å². The molecule has 0 saturated carbocycles. The van der Waals surface area contributed by atoms with E-state index in [4.69, 9.17) is 0 Å². The van der Waals surface area contributed by atoms with Gasteiger partial charge in [-0.1, -0.05) is 18.2 Å². The van der Waals surface area contributed by atoms with Crippen LogP contribution in [0.3, 0.4) is 0 Å². The summed E-state index contributed by atoms with van der Waals surface area (Å²) in [5.41, 5.74) is 1.32. The van der Waals surface area contributed by atoms with Crippen LogP contribution < -0.4 is 14.9 Å². The summed E-state index contributed by atoms with van der Waals surface area (Å²) in [6.45, 7) is 8.18. The molecule has 9 nitrogen and oxygen atoms in total. The van der Waals surface area contributed by atoms with Crippen molar-refractivity contribution in [1.82, 2.24) is 10.2 Å². The fourth-order valence-electron chi connectivity index (χ4n) is 3.83. The number of aromatic carboxylic acids is 1. The number of benzene rings is 2. The zero-order valence-corrected chi connectivity index (χ0v) is 19.9. The Hall–Kier alpha value is -3.11. The van der Waals surface area contributed by atoms with Crippen molar-refractivity contribution in [2.24, 2.45) is 0 Å². The second-order valence-corrected chi connectivity index (χ2v) is 10.0. The largest absolute Gasteiger partial charge is 0.478 e. The second-order valence-electron chi connectivity index (χ2n) is 8.39. The predicted molar refractivity (Wildman–Crippen MR) is 127 cm³/mol. The van der Waals surface area contributed by atoms with E-state index in [1.165, 1.54) is 12.1 Å². The van der Waals surface area contributed by atoms with Gasteiger partial charge in [0.15, 0.2) is 0 Å². The first kappa shape index (κ1) is 24.5. The summed E-state index contributed by atoms with van der Waals surface area (Å²) in [6.07, 6.45) is 0. The van der Waals surface area contributed by atoms with Gasteiger partial charge in [-0.3, -0.25) is 14.4 Å². The van der Waals surface area contributed by atoms with Crippen molar-refractivity contribution in [2.75, 3.05) is 42.3 Å². The number of piperazine rings is 1. The summed E-state index contributed by atoms with van der Waals surface area (Å²) in [4.78, 5) is 28.1. The number of carboxylic acids is 1. The van der Waals surface area contributed by atoms with Crippen molar-refractivity contribution < 1.29 is 23.1 Å². The van der Waals surface area contributed by atoms with Crippen LogP contribution in [0.5, 0.6) is 0 Å². The third kappa shape index (κ3) is 6.23. The van der Waals surface area contributed by atoms with Gasteiger partial charge in [0.25, 0.3) is 10.0 Å². The number of rotatable bonds is 8. The van der Waals surface area contributed by atoms with Crippen LogP contribution in [-0.4, -0.2) is 69.1 Å². The number of anilines is 2. The van der Waals surface area contributed by atoms with Crippen molar-refractivity contribution in [1.29, 1.82) is 0 Å². The normalized spacial score (nSPS) is 14.8. The van der Waals surface area contributed by atoms with E-state index < -0.39 is 16.0 Å².